The average Bonchev–Trinajstić information content (AvgIpc) is 3.10. The molecule has 2 saturated heterocycles. The number of rotatable bonds is 7. The van der Waals surface area contributed by atoms with Crippen molar-refractivity contribution in [2.75, 3.05) is 33.4 Å². The molecule has 4 rings (SSSR count). The molecule has 8 nitrogen and oxygen atoms in total. The molecule has 2 fully saturated rings. The number of hydrogen-bond donors (Lipinski definition) is 1. The second-order valence-electron chi connectivity index (χ2n) is 7.90. The van der Waals surface area contributed by atoms with E-state index < -0.39 is 12.1 Å². The van der Waals surface area contributed by atoms with Gasteiger partial charge in [-0.3, -0.25) is 14.5 Å². The first-order valence-corrected chi connectivity index (χ1v) is 10.7. The molecule has 2 aromatic rings. The summed E-state index contributed by atoms with van der Waals surface area (Å²) in [4.78, 5) is 40.9. The van der Waals surface area contributed by atoms with E-state index in [1.165, 1.54) is 4.90 Å². The Morgan fingerprint density at radius 3 is 2.59 bits per heavy atom. The summed E-state index contributed by atoms with van der Waals surface area (Å²) in [5, 5.41) is 2.66. The fourth-order valence-electron chi connectivity index (χ4n) is 4.01. The minimum Gasteiger partial charge on any atom is -0.497 e. The molecule has 2 atom stereocenters. The van der Waals surface area contributed by atoms with Crippen molar-refractivity contribution in [1.82, 2.24) is 15.1 Å². The van der Waals surface area contributed by atoms with Crippen molar-refractivity contribution in [3.05, 3.63) is 65.7 Å². The summed E-state index contributed by atoms with van der Waals surface area (Å²) in [5.74, 6) is 0.231. The largest absolute Gasteiger partial charge is 0.497 e. The highest BCUT2D eigenvalue weighted by atomic mass is 16.5. The fourth-order valence-corrected chi connectivity index (χ4v) is 4.01. The summed E-state index contributed by atoms with van der Waals surface area (Å²) in [6.07, 6.45) is 0.292. The van der Waals surface area contributed by atoms with Crippen LogP contribution in [0.4, 0.5) is 4.79 Å². The lowest BCUT2D eigenvalue weighted by molar-refractivity contribution is -0.141. The molecule has 0 spiro atoms. The number of nitrogens with one attached hydrogen (secondary N) is 1. The van der Waals surface area contributed by atoms with Crippen molar-refractivity contribution in [3.8, 4) is 5.75 Å². The lowest BCUT2D eigenvalue weighted by Gasteiger charge is -2.33. The maximum absolute atomic E-state index is 12.9. The topological polar surface area (TPSA) is 88.2 Å². The van der Waals surface area contributed by atoms with Crippen LogP contribution in [0, 0.1) is 0 Å². The molecule has 0 aliphatic carbocycles. The summed E-state index contributed by atoms with van der Waals surface area (Å²) in [7, 11) is 1.60. The van der Waals surface area contributed by atoms with Gasteiger partial charge in [0.1, 0.15) is 17.9 Å². The first-order chi connectivity index (χ1) is 15.5. The zero-order valence-corrected chi connectivity index (χ0v) is 18.0. The van der Waals surface area contributed by atoms with Crippen molar-refractivity contribution < 1.29 is 23.9 Å². The minimum atomic E-state index is -0.830. The predicted molar refractivity (Wildman–Crippen MR) is 117 cm³/mol. The minimum absolute atomic E-state index is 0.0505. The van der Waals surface area contributed by atoms with Crippen LogP contribution in [0.3, 0.4) is 0 Å². The number of imide groups is 1. The highest BCUT2D eigenvalue weighted by molar-refractivity contribution is 6.05. The van der Waals surface area contributed by atoms with Crippen LogP contribution in [0.5, 0.6) is 5.75 Å². The van der Waals surface area contributed by atoms with E-state index >= 15 is 0 Å². The van der Waals surface area contributed by atoms with Crippen LogP contribution in [0.15, 0.2) is 54.6 Å². The third-order valence-electron chi connectivity index (χ3n) is 5.86. The van der Waals surface area contributed by atoms with Crippen LogP contribution in [-0.2, 0) is 20.7 Å². The van der Waals surface area contributed by atoms with Crippen LogP contribution in [0.2, 0.25) is 0 Å². The van der Waals surface area contributed by atoms with E-state index in [2.05, 4.69) is 5.32 Å². The Bertz CT molecular complexity index is 963. The fraction of sp³-hybridized carbons (Fsp3) is 0.375. The maximum Gasteiger partial charge on any atom is 0.324 e. The van der Waals surface area contributed by atoms with Crippen molar-refractivity contribution in [1.29, 1.82) is 0 Å². The SMILES string of the molecule is COc1ccc(CCN2C(=O)N[C@@H](CC(=O)N3CCO[C@@H](c4ccccc4)C3)C2=O)cc1. The first-order valence-electron chi connectivity index (χ1n) is 10.7. The van der Waals surface area contributed by atoms with Gasteiger partial charge in [-0.05, 0) is 29.7 Å². The Hall–Kier alpha value is -3.39. The molecule has 8 heteroatoms. The Morgan fingerprint density at radius 1 is 1.12 bits per heavy atom. The van der Waals surface area contributed by atoms with E-state index in [4.69, 9.17) is 9.47 Å². The summed E-state index contributed by atoms with van der Waals surface area (Å²) >= 11 is 0. The number of methoxy groups -OCH3 is 1. The van der Waals surface area contributed by atoms with E-state index in [1.54, 1.807) is 12.0 Å². The number of urea groups is 1. The lowest BCUT2D eigenvalue weighted by atomic mass is 10.1. The number of benzene rings is 2. The zero-order chi connectivity index (χ0) is 22.5. The summed E-state index contributed by atoms with van der Waals surface area (Å²) in [5.41, 5.74) is 2.01. The number of ether oxygens (including phenoxy) is 2. The highest BCUT2D eigenvalue weighted by Gasteiger charge is 2.40. The van der Waals surface area contributed by atoms with E-state index in [1.807, 2.05) is 54.6 Å². The monoisotopic (exact) mass is 437 g/mol. The molecule has 2 aromatic carbocycles. The first kappa shape index (κ1) is 21.8. The summed E-state index contributed by atoms with van der Waals surface area (Å²) in [6.45, 7) is 1.59. The van der Waals surface area contributed by atoms with E-state index in [9.17, 15) is 14.4 Å². The van der Waals surface area contributed by atoms with Gasteiger partial charge in [0.25, 0.3) is 5.91 Å². The van der Waals surface area contributed by atoms with Gasteiger partial charge in [0.2, 0.25) is 5.91 Å². The third-order valence-corrected chi connectivity index (χ3v) is 5.86. The number of hydrogen-bond acceptors (Lipinski definition) is 5. The van der Waals surface area contributed by atoms with Gasteiger partial charge in [0, 0.05) is 13.1 Å². The number of amides is 4. The second kappa shape index (κ2) is 9.82. The summed E-state index contributed by atoms with van der Waals surface area (Å²) < 4.78 is 11.0. The van der Waals surface area contributed by atoms with Gasteiger partial charge in [-0.1, -0.05) is 42.5 Å². The van der Waals surface area contributed by atoms with Crippen molar-refractivity contribution >= 4 is 17.8 Å². The van der Waals surface area contributed by atoms with Crippen molar-refractivity contribution in [3.63, 3.8) is 0 Å². The quantitative estimate of drug-likeness (QED) is 0.671. The number of nitrogens with zero attached hydrogens (tertiary/aromatic N) is 2. The smallest absolute Gasteiger partial charge is 0.324 e. The Labute approximate surface area is 187 Å². The lowest BCUT2D eigenvalue weighted by Crippen LogP contribution is -2.45. The van der Waals surface area contributed by atoms with Gasteiger partial charge in [0.05, 0.1) is 26.7 Å². The predicted octanol–water partition coefficient (Wildman–Crippen LogP) is 2.15. The van der Waals surface area contributed by atoms with Gasteiger partial charge in [-0.25, -0.2) is 4.79 Å². The van der Waals surface area contributed by atoms with Gasteiger partial charge in [-0.2, -0.15) is 0 Å². The molecule has 2 aliphatic rings. The second-order valence-corrected chi connectivity index (χ2v) is 7.90. The van der Waals surface area contributed by atoms with Crippen molar-refractivity contribution in [2.45, 2.75) is 25.0 Å². The van der Waals surface area contributed by atoms with Gasteiger partial charge in [0.15, 0.2) is 0 Å². The van der Waals surface area contributed by atoms with Gasteiger partial charge >= 0.3 is 6.03 Å². The molecular weight excluding hydrogens is 410 g/mol. The summed E-state index contributed by atoms with van der Waals surface area (Å²) in [6, 6.07) is 16.0. The molecule has 168 valence electrons. The molecule has 0 aromatic heterocycles. The number of carbonyl (C=O) groups excluding carboxylic acids is 3. The maximum atomic E-state index is 12.9. The van der Waals surface area contributed by atoms with Crippen LogP contribution in [-0.4, -0.2) is 67.0 Å². The van der Waals surface area contributed by atoms with Crippen LogP contribution in [0.25, 0.3) is 0 Å². The molecule has 2 heterocycles. The molecule has 1 N–H and O–H groups in total. The Balaban J connectivity index is 1.31. The molecular formula is C24H27N3O5. The molecule has 2 aliphatic heterocycles. The van der Waals surface area contributed by atoms with Crippen LogP contribution in [0.1, 0.15) is 23.7 Å². The van der Waals surface area contributed by atoms with E-state index in [0.29, 0.717) is 26.1 Å². The standard InChI is InChI=1S/C24H27N3O5/c1-31-19-9-7-17(8-10-19)11-12-27-23(29)20(25-24(27)30)15-22(28)26-13-14-32-21(16-26)18-5-3-2-4-6-18/h2-10,20-21H,11-16H2,1H3,(H,25,30)/t20-,21+/m0/s1. The molecule has 4 amide bonds. The van der Waals surface area contributed by atoms with Gasteiger partial charge < -0.3 is 19.7 Å². The Kier molecular flexibility index (Phi) is 6.70. The van der Waals surface area contributed by atoms with Crippen molar-refractivity contribution in [2.24, 2.45) is 0 Å². The van der Waals surface area contributed by atoms with E-state index in [0.717, 1.165) is 16.9 Å². The normalized spacial score (nSPS) is 20.9. The Morgan fingerprint density at radius 2 is 1.88 bits per heavy atom. The number of morpholine rings is 1. The van der Waals surface area contributed by atoms with Crippen LogP contribution < -0.4 is 10.1 Å². The van der Waals surface area contributed by atoms with Crippen LogP contribution >= 0.6 is 0 Å². The van der Waals surface area contributed by atoms with E-state index in [-0.39, 0.29) is 30.9 Å². The van der Waals surface area contributed by atoms with Gasteiger partial charge in [-0.15, -0.1) is 0 Å². The third kappa shape index (κ3) is 4.91. The zero-order valence-electron chi connectivity index (χ0n) is 18.0. The highest BCUT2D eigenvalue weighted by Crippen LogP contribution is 2.23. The molecule has 0 saturated carbocycles. The molecule has 32 heavy (non-hydrogen) atoms. The molecule has 0 bridgehead atoms. The molecule has 0 radical (unpaired) electrons. The molecule has 0 unspecified atom stereocenters. The number of carbonyl (C=O) groups is 3. The average molecular weight is 437 g/mol.